The van der Waals surface area contributed by atoms with Gasteiger partial charge in [-0.1, -0.05) is 20.8 Å². The van der Waals surface area contributed by atoms with Gasteiger partial charge in [-0.05, 0) is 57.5 Å². The van der Waals surface area contributed by atoms with E-state index in [1.54, 1.807) is 39.1 Å². The average molecular weight is 368 g/mol. The number of anilines is 2. The summed E-state index contributed by atoms with van der Waals surface area (Å²) >= 11 is 5.31. The molecular formula is C17H29N5O2S. The van der Waals surface area contributed by atoms with Crippen molar-refractivity contribution >= 4 is 34.9 Å². The number of nitrogens with zero attached hydrogens (tertiary/aromatic N) is 2. The standard InChI is InChI=1S/C17H29N5O2S/c1-11(16(2,3)4)20-14(25)21-12-8-9-13(19-10-12)22(18)15(23)24-17(5,6)7/h8-11H,18H2,1-7H3,(H2,20,21,25). The highest BCUT2D eigenvalue weighted by molar-refractivity contribution is 7.80. The zero-order valence-electron chi connectivity index (χ0n) is 16.0. The Morgan fingerprint density at radius 3 is 2.32 bits per heavy atom. The Kier molecular flexibility index (Phi) is 6.73. The first-order valence-electron chi connectivity index (χ1n) is 8.11. The fourth-order valence-electron chi connectivity index (χ4n) is 1.59. The zero-order chi connectivity index (χ0) is 19.4. The van der Waals surface area contributed by atoms with Gasteiger partial charge in [-0.2, -0.15) is 5.01 Å². The molecule has 0 aliphatic rings. The van der Waals surface area contributed by atoms with Crippen molar-refractivity contribution < 1.29 is 9.53 Å². The minimum atomic E-state index is -0.670. The van der Waals surface area contributed by atoms with E-state index in [1.165, 1.54) is 0 Å². The SMILES string of the molecule is CC(NC(=S)Nc1ccc(N(N)C(=O)OC(C)(C)C)nc1)C(C)(C)C. The second kappa shape index (κ2) is 7.97. The maximum absolute atomic E-state index is 11.9. The molecule has 0 aromatic carbocycles. The molecule has 1 heterocycles. The number of nitrogens with two attached hydrogens (primary N) is 1. The van der Waals surface area contributed by atoms with Crippen LogP contribution in [0.3, 0.4) is 0 Å². The van der Waals surface area contributed by atoms with Crippen LogP contribution in [0.5, 0.6) is 0 Å². The minimum Gasteiger partial charge on any atom is -0.442 e. The van der Waals surface area contributed by atoms with Crippen molar-refractivity contribution in [1.82, 2.24) is 10.3 Å². The molecule has 1 amide bonds. The van der Waals surface area contributed by atoms with Crippen molar-refractivity contribution in [3.05, 3.63) is 18.3 Å². The van der Waals surface area contributed by atoms with Gasteiger partial charge in [0.15, 0.2) is 10.9 Å². The van der Waals surface area contributed by atoms with Gasteiger partial charge in [0.1, 0.15) is 5.60 Å². The summed E-state index contributed by atoms with van der Waals surface area (Å²) in [4.78, 5) is 16.1. The van der Waals surface area contributed by atoms with Crippen LogP contribution in [0.15, 0.2) is 18.3 Å². The zero-order valence-corrected chi connectivity index (χ0v) is 16.8. The maximum atomic E-state index is 11.9. The quantitative estimate of drug-likeness (QED) is 0.326. The number of nitrogens with one attached hydrogen (secondary N) is 2. The van der Waals surface area contributed by atoms with E-state index in [9.17, 15) is 4.79 Å². The number of carbonyl (C=O) groups is 1. The molecule has 0 radical (unpaired) electrons. The second-order valence-corrected chi connectivity index (χ2v) is 8.35. The van der Waals surface area contributed by atoms with Crippen LogP contribution >= 0.6 is 12.2 Å². The number of hydrogen-bond acceptors (Lipinski definition) is 5. The summed E-state index contributed by atoms with van der Waals surface area (Å²) in [6.45, 7) is 13.8. The van der Waals surface area contributed by atoms with E-state index in [-0.39, 0.29) is 17.3 Å². The normalized spacial score (nSPS) is 13.0. The van der Waals surface area contributed by atoms with Crippen LogP contribution in [0.25, 0.3) is 0 Å². The lowest BCUT2D eigenvalue weighted by atomic mass is 9.88. The summed E-state index contributed by atoms with van der Waals surface area (Å²) in [6, 6.07) is 3.55. The van der Waals surface area contributed by atoms with Gasteiger partial charge in [0, 0.05) is 6.04 Å². The molecule has 1 unspecified atom stereocenters. The lowest BCUT2D eigenvalue weighted by molar-refractivity contribution is 0.0579. The topological polar surface area (TPSA) is 92.5 Å². The Balaban J connectivity index is 2.67. The van der Waals surface area contributed by atoms with Crippen LogP contribution < -0.4 is 21.5 Å². The van der Waals surface area contributed by atoms with Crippen molar-refractivity contribution in [3.8, 4) is 0 Å². The average Bonchev–Trinajstić information content (AvgIpc) is 2.44. The molecule has 0 aliphatic heterocycles. The number of pyridine rings is 1. The summed E-state index contributed by atoms with van der Waals surface area (Å²) in [6.07, 6.45) is 0.881. The molecule has 0 saturated carbocycles. The molecule has 7 nitrogen and oxygen atoms in total. The second-order valence-electron chi connectivity index (χ2n) is 7.94. The largest absolute Gasteiger partial charge is 0.442 e. The van der Waals surface area contributed by atoms with Crippen molar-refractivity contribution in [2.45, 2.75) is 60.1 Å². The molecule has 0 aliphatic carbocycles. The summed E-state index contributed by atoms with van der Waals surface area (Å²) < 4.78 is 5.20. The van der Waals surface area contributed by atoms with Gasteiger partial charge in [-0.25, -0.2) is 15.6 Å². The number of rotatable bonds is 3. The first-order valence-corrected chi connectivity index (χ1v) is 8.52. The summed E-state index contributed by atoms with van der Waals surface area (Å²) in [5.41, 5.74) is 0.152. The first-order chi connectivity index (χ1) is 11.3. The van der Waals surface area contributed by atoms with Crippen LogP contribution in [-0.2, 0) is 4.74 Å². The third-order valence-electron chi connectivity index (χ3n) is 3.49. The van der Waals surface area contributed by atoms with Crippen LogP contribution in [0.1, 0.15) is 48.5 Å². The van der Waals surface area contributed by atoms with Crippen molar-refractivity contribution in [1.29, 1.82) is 0 Å². The molecule has 4 N–H and O–H groups in total. The Morgan fingerprint density at radius 1 is 1.28 bits per heavy atom. The number of thiocarbonyl (C=S) groups is 1. The predicted molar refractivity (Wildman–Crippen MR) is 105 cm³/mol. The fourth-order valence-corrected chi connectivity index (χ4v) is 1.88. The highest BCUT2D eigenvalue weighted by Crippen LogP contribution is 2.19. The van der Waals surface area contributed by atoms with Crippen LogP contribution in [0.2, 0.25) is 0 Å². The number of hydrazine groups is 1. The van der Waals surface area contributed by atoms with Gasteiger partial charge in [0.2, 0.25) is 0 Å². The molecule has 1 aromatic rings. The number of carbonyl (C=O) groups excluding carboxylic acids is 1. The molecule has 140 valence electrons. The molecule has 25 heavy (non-hydrogen) atoms. The van der Waals surface area contributed by atoms with Crippen molar-refractivity contribution in [3.63, 3.8) is 0 Å². The fraction of sp³-hybridized carbons (Fsp3) is 0.588. The third-order valence-corrected chi connectivity index (χ3v) is 3.71. The van der Waals surface area contributed by atoms with E-state index in [0.29, 0.717) is 10.8 Å². The van der Waals surface area contributed by atoms with E-state index in [1.807, 2.05) is 0 Å². The molecule has 8 heteroatoms. The Morgan fingerprint density at radius 2 is 1.88 bits per heavy atom. The molecule has 0 bridgehead atoms. The van der Waals surface area contributed by atoms with Crippen molar-refractivity contribution in [2.75, 3.05) is 10.3 Å². The van der Waals surface area contributed by atoms with E-state index in [0.717, 1.165) is 5.01 Å². The molecule has 0 saturated heterocycles. The first kappa shape index (κ1) is 21.1. The minimum absolute atomic E-state index is 0.0846. The lowest BCUT2D eigenvalue weighted by Gasteiger charge is -2.29. The third kappa shape index (κ3) is 7.23. The van der Waals surface area contributed by atoms with E-state index in [4.69, 9.17) is 22.8 Å². The van der Waals surface area contributed by atoms with E-state index < -0.39 is 11.7 Å². The van der Waals surface area contributed by atoms with Gasteiger partial charge >= 0.3 is 6.09 Å². The van der Waals surface area contributed by atoms with Gasteiger partial charge in [0.05, 0.1) is 11.9 Å². The van der Waals surface area contributed by atoms with Crippen LogP contribution in [-0.4, -0.2) is 27.8 Å². The Labute approximate surface area is 155 Å². The van der Waals surface area contributed by atoms with Gasteiger partial charge < -0.3 is 15.4 Å². The Hall–Kier alpha value is -1.93. The van der Waals surface area contributed by atoms with Gasteiger partial charge in [0.25, 0.3) is 0 Å². The molecule has 1 aromatic heterocycles. The van der Waals surface area contributed by atoms with Gasteiger partial charge in [-0.3, -0.25) is 0 Å². The Bertz CT molecular complexity index is 605. The van der Waals surface area contributed by atoms with E-state index >= 15 is 0 Å². The number of ether oxygens (including phenoxy) is 1. The van der Waals surface area contributed by atoms with E-state index in [2.05, 4.69) is 43.3 Å². The number of hydrogen-bond donors (Lipinski definition) is 3. The number of aromatic nitrogens is 1. The molecule has 1 rings (SSSR count). The van der Waals surface area contributed by atoms with Crippen molar-refractivity contribution in [2.24, 2.45) is 11.3 Å². The monoisotopic (exact) mass is 367 g/mol. The maximum Gasteiger partial charge on any atom is 0.430 e. The summed E-state index contributed by atoms with van der Waals surface area (Å²) in [5.74, 6) is 6.03. The van der Waals surface area contributed by atoms with Crippen LogP contribution in [0, 0.1) is 5.41 Å². The number of amides is 1. The smallest absolute Gasteiger partial charge is 0.430 e. The summed E-state index contributed by atoms with van der Waals surface area (Å²) in [7, 11) is 0. The highest BCUT2D eigenvalue weighted by atomic mass is 32.1. The molecule has 1 atom stereocenters. The molecular weight excluding hydrogens is 338 g/mol. The summed E-state index contributed by atoms with van der Waals surface area (Å²) in [5, 5.41) is 7.67. The van der Waals surface area contributed by atoms with Gasteiger partial charge in [-0.15, -0.1) is 0 Å². The molecule has 0 spiro atoms. The highest BCUT2D eigenvalue weighted by Gasteiger charge is 2.22. The molecule has 0 fully saturated rings. The van der Waals surface area contributed by atoms with Crippen LogP contribution in [0.4, 0.5) is 16.3 Å². The lowest BCUT2D eigenvalue weighted by Crippen LogP contribution is -2.43. The predicted octanol–water partition coefficient (Wildman–Crippen LogP) is 3.42.